The van der Waals surface area contributed by atoms with E-state index < -0.39 is 16.8 Å². The van der Waals surface area contributed by atoms with E-state index >= 15 is 0 Å². The zero-order chi connectivity index (χ0) is 15.1. The molecule has 8 heteroatoms. The lowest BCUT2D eigenvalue weighted by atomic mass is 10.1. The highest BCUT2D eigenvalue weighted by Crippen LogP contribution is 2.12. The minimum Gasteiger partial charge on any atom is -0.545 e. The number of benzene rings is 1. The molecule has 0 spiro atoms. The van der Waals surface area contributed by atoms with Gasteiger partial charge in [-0.15, -0.1) is 0 Å². The van der Waals surface area contributed by atoms with Crippen molar-refractivity contribution in [2.45, 2.75) is 6.92 Å². The highest BCUT2D eigenvalue weighted by Gasteiger charge is 2.05. The maximum absolute atomic E-state index is 11.1. The summed E-state index contributed by atoms with van der Waals surface area (Å²) in [6.07, 6.45) is 1.34. The fourth-order valence-corrected chi connectivity index (χ4v) is 1.21. The maximum Gasteiger partial charge on any atom is 0.269 e. The van der Waals surface area contributed by atoms with Gasteiger partial charge in [-0.05, 0) is 30.7 Å². The number of hydrogen-bond donors (Lipinski definition) is 1. The van der Waals surface area contributed by atoms with Crippen molar-refractivity contribution in [3.8, 4) is 0 Å². The summed E-state index contributed by atoms with van der Waals surface area (Å²) >= 11 is 0. The molecule has 1 amide bonds. The molecule has 1 aromatic carbocycles. The first kappa shape index (κ1) is 15.0. The average Bonchev–Trinajstić information content (AvgIpc) is 2.42. The summed E-state index contributed by atoms with van der Waals surface area (Å²) in [5, 5.41) is 24.3. The van der Waals surface area contributed by atoms with Crippen molar-refractivity contribution < 1.29 is 19.6 Å². The molecule has 0 saturated carbocycles. The Balaban J connectivity index is 2.71. The van der Waals surface area contributed by atoms with Crippen molar-refractivity contribution in [3.05, 3.63) is 52.1 Å². The van der Waals surface area contributed by atoms with Crippen LogP contribution in [0.3, 0.4) is 0 Å². The first-order valence-electron chi connectivity index (χ1n) is 5.38. The van der Waals surface area contributed by atoms with E-state index in [4.69, 9.17) is 0 Å². The number of rotatable bonds is 5. The number of aliphatic carboxylic acids is 1. The Morgan fingerprint density at radius 1 is 1.25 bits per heavy atom. The predicted molar refractivity (Wildman–Crippen MR) is 67.6 cm³/mol. The monoisotopic (exact) mass is 276 g/mol. The normalized spacial score (nSPS) is 11.3. The van der Waals surface area contributed by atoms with E-state index in [1.54, 1.807) is 6.92 Å². The summed E-state index contributed by atoms with van der Waals surface area (Å²) < 4.78 is 0. The summed E-state index contributed by atoms with van der Waals surface area (Å²) in [4.78, 5) is 31.2. The van der Waals surface area contributed by atoms with E-state index in [1.165, 1.54) is 24.3 Å². The van der Waals surface area contributed by atoms with Crippen LogP contribution in [-0.4, -0.2) is 22.5 Å². The number of hydrogen-bond acceptors (Lipinski definition) is 6. The predicted octanol–water partition coefficient (Wildman–Crippen LogP) is -0.259. The molecule has 8 nitrogen and oxygen atoms in total. The molecule has 0 fully saturated rings. The standard InChI is InChI=1S/C12H11N3O5/c1-8(13-14-11(16)6-7-12(17)18)9-2-4-10(5-3-9)15(19)20/h2-7H,1H3,(H,14,16)(H,17,18)/p-1/b7-6+,13-8-. The third-order valence-corrected chi connectivity index (χ3v) is 2.20. The van der Waals surface area contributed by atoms with Gasteiger partial charge < -0.3 is 9.90 Å². The topological polar surface area (TPSA) is 125 Å². The van der Waals surface area contributed by atoms with E-state index in [9.17, 15) is 24.8 Å². The highest BCUT2D eigenvalue weighted by molar-refractivity contribution is 6.00. The molecule has 0 radical (unpaired) electrons. The largest absolute Gasteiger partial charge is 0.545 e. The number of nitro groups is 1. The molecular formula is C12H10N3O5-. The Morgan fingerprint density at radius 2 is 1.85 bits per heavy atom. The van der Waals surface area contributed by atoms with Gasteiger partial charge in [0.25, 0.3) is 11.6 Å². The molecule has 0 aliphatic carbocycles. The lowest BCUT2D eigenvalue weighted by Crippen LogP contribution is -2.21. The van der Waals surface area contributed by atoms with Gasteiger partial charge in [0.05, 0.1) is 16.6 Å². The van der Waals surface area contributed by atoms with Crippen molar-refractivity contribution in [3.63, 3.8) is 0 Å². The molecule has 0 aromatic heterocycles. The number of nitrogens with zero attached hydrogens (tertiary/aromatic N) is 2. The molecule has 0 atom stereocenters. The molecule has 0 heterocycles. The van der Waals surface area contributed by atoms with E-state index in [1.807, 2.05) is 0 Å². The number of carboxylic acids is 1. The minimum atomic E-state index is -1.49. The number of carbonyl (C=O) groups excluding carboxylic acids is 2. The van der Waals surface area contributed by atoms with Gasteiger partial charge in [-0.1, -0.05) is 0 Å². The molecule has 0 bridgehead atoms. The van der Waals surface area contributed by atoms with Crippen LogP contribution in [0.1, 0.15) is 12.5 Å². The molecule has 1 N–H and O–H groups in total. The quantitative estimate of drug-likeness (QED) is 0.343. The number of amides is 1. The number of nitrogens with one attached hydrogen (secondary N) is 1. The first-order valence-corrected chi connectivity index (χ1v) is 5.38. The second-order valence-corrected chi connectivity index (χ2v) is 3.63. The summed E-state index contributed by atoms with van der Waals surface area (Å²) in [6.45, 7) is 1.59. The SMILES string of the molecule is C/C(=N/NC(=O)/C=C/C(=O)[O-])c1ccc([N+](=O)[O-])cc1. The van der Waals surface area contributed by atoms with Crippen molar-refractivity contribution in [2.75, 3.05) is 0 Å². The third kappa shape index (κ3) is 4.69. The second-order valence-electron chi connectivity index (χ2n) is 3.63. The van der Waals surface area contributed by atoms with Crippen molar-refractivity contribution >= 4 is 23.3 Å². The van der Waals surface area contributed by atoms with Gasteiger partial charge in [-0.25, -0.2) is 5.43 Å². The lowest BCUT2D eigenvalue weighted by molar-refractivity contribution is -0.384. The Hall–Kier alpha value is -3.03. The van der Waals surface area contributed by atoms with E-state index in [-0.39, 0.29) is 5.69 Å². The van der Waals surface area contributed by atoms with Crippen LogP contribution in [0.25, 0.3) is 0 Å². The molecule has 20 heavy (non-hydrogen) atoms. The Morgan fingerprint density at radius 3 is 2.35 bits per heavy atom. The number of carbonyl (C=O) groups is 2. The number of nitro benzene ring substituents is 1. The fourth-order valence-electron chi connectivity index (χ4n) is 1.21. The van der Waals surface area contributed by atoms with E-state index in [0.29, 0.717) is 17.4 Å². The van der Waals surface area contributed by atoms with Gasteiger partial charge in [-0.3, -0.25) is 14.9 Å². The fraction of sp³-hybridized carbons (Fsp3) is 0.0833. The maximum atomic E-state index is 11.1. The van der Waals surface area contributed by atoms with Crippen LogP contribution in [0.2, 0.25) is 0 Å². The number of non-ortho nitro benzene ring substituents is 1. The summed E-state index contributed by atoms with van der Waals surface area (Å²) in [5.74, 6) is -2.22. The number of hydrazone groups is 1. The van der Waals surface area contributed by atoms with Crippen LogP contribution in [0, 0.1) is 10.1 Å². The van der Waals surface area contributed by atoms with E-state index in [0.717, 1.165) is 6.08 Å². The van der Waals surface area contributed by atoms with Crippen LogP contribution in [0.5, 0.6) is 0 Å². The molecule has 0 saturated heterocycles. The van der Waals surface area contributed by atoms with Gasteiger partial charge in [0.15, 0.2) is 0 Å². The molecule has 1 rings (SSSR count). The van der Waals surface area contributed by atoms with Gasteiger partial charge in [0, 0.05) is 18.2 Å². The van der Waals surface area contributed by atoms with Crippen molar-refractivity contribution in [1.29, 1.82) is 0 Å². The molecule has 104 valence electrons. The molecular weight excluding hydrogens is 266 g/mol. The van der Waals surface area contributed by atoms with Gasteiger partial charge >= 0.3 is 0 Å². The summed E-state index contributed by atoms with van der Waals surface area (Å²) in [7, 11) is 0. The molecule has 0 aliphatic rings. The zero-order valence-corrected chi connectivity index (χ0v) is 10.4. The van der Waals surface area contributed by atoms with Gasteiger partial charge in [0.1, 0.15) is 0 Å². The average molecular weight is 276 g/mol. The smallest absolute Gasteiger partial charge is 0.269 e. The van der Waals surface area contributed by atoms with Gasteiger partial charge in [-0.2, -0.15) is 5.10 Å². The molecule has 0 unspecified atom stereocenters. The molecule has 0 aliphatic heterocycles. The Kier molecular flexibility index (Phi) is 5.10. The zero-order valence-electron chi connectivity index (χ0n) is 10.4. The minimum absolute atomic E-state index is 0.0533. The highest BCUT2D eigenvalue weighted by atomic mass is 16.6. The lowest BCUT2D eigenvalue weighted by Gasteiger charge is -2.01. The van der Waals surface area contributed by atoms with E-state index in [2.05, 4.69) is 10.5 Å². The van der Waals surface area contributed by atoms with Crippen LogP contribution < -0.4 is 10.5 Å². The Bertz CT molecular complexity index is 590. The summed E-state index contributed by atoms with van der Waals surface area (Å²) in [5.41, 5.74) is 3.05. The van der Waals surface area contributed by atoms with Crippen LogP contribution in [0.4, 0.5) is 5.69 Å². The number of carboxylic acid groups (broad SMARTS) is 1. The van der Waals surface area contributed by atoms with Crippen LogP contribution in [0.15, 0.2) is 41.5 Å². The first-order chi connectivity index (χ1) is 9.40. The van der Waals surface area contributed by atoms with Crippen LogP contribution in [-0.2, 0) is 9.59 Å². The Labute approximate surface area is 113 Å². The van der Waals surface area contributed by atoms with Gasteiger partial charge in [0.2, 0.25) is 0 Å². The third-order valence-electron chi connectivity index (χ3n) is 2.20. The van der Waals surface area contributed by atoms with Crippen molar-refractivity contribution in [1.82, 2.24) is 5.43 Å². The second kappa shape index (κ2) is 6.78. The summed E-state index contributed by atoms with van der Waals surface area (Å²) in [6, 6.07) is 5.60. The van der Waals surface area contributed by atoms with Crippen molar-refractivity contribution in [2.24, 2.45) is 5.10 Å². The molecule has 1 aromatic rings. The van der Waals surface area contributed by atoms with Crippen LogP contribution >= 0.6 is 0 Å².